The lowest BCUT2D eigenvalue weighted by Crippen LogP contribution is -2.24. The van der Waals surface area contributed by atoms with Crippen LogP contribution in [-0.4, -0.2) is 30.1 Å². The van der Waals surface area contributed by atoms with Crippen LogP contribution < -0.4 is 0 Å². The summed E-state index contributed by atoms with van der Waals surface area (Å²) in [7, 11) is 1.21. The number of aliphatic hydroxyl groups is 2. The lowest BCUT2D eigenvalue weighted by molar-refractivity contribution is -0.312. The van der Waals surface area contributed by atoms with E-state index in [0.29, 0.717) is 0 Å². The largest absolute Gasteiger partial charge is 0.344 e. The van der Waals surface area contributed by atoms with Gasteiger partial charge < -0.3 is 19.7 Å². The second-order valence-electron chi connectivity index (χ2n) is 1.14. The zero-order chi connectivity index (χ0) is 7.21. The van der Waals surface area contributed by atoms with Gasteiger partial charge in [-0.25, -0.2) is 0 Å². The van der Waals surface area contributed by atoms with E-state index in [0.717, 1.165) is 6.92 Å². The molecule has 4 heteroatoms. The Balaban J connectivity index is 0. The van der Waals surface area contributed by atoms with Crippen molar-refractivity contribution in [3.63, 3.8) is 0 Å². The molecule has 0 aliphatic heterocycles. The van der Waals surface area contributed by atoms with Gasteiger partial charge in [-0.3, -0.25) is 0 Å². The summed E-state index contributed by atoms with van der Waals surface area (Å²) < 4.78 is 4.05. The Kier molecular flexibility index (Phi) is 6.18. The van der Waals surface area contributed by atoms with Crippen molar-refractivity contribution in [1.82, 2.24) is 0 Å². The predicted octanol–water partition coefficient (Wildman–Crippen LogP) is -0.894. The van der Waals surface area contributed by atoms with Crippen molar-refractivity contribution in [3.8, 4) is 0 Å². The molecule has 0 aromatic rings. The van der Waals surface area contributed by atoms with Crippen molar-refractivity contribution in [2.75, 3.05) is 7.11 Å². The van der Waals surface area contributed by atoms with E-state index in [9.17, 15) is 0 Å². The number of hydrogen-bond acceptors (Lipinski definition) is 4. The zero-order valence-electron chi connectivity index (χ0n) is 4.92. The van der Waals surface area contributed by atoms with Crippen LogP contribution in [0.2, 0.25) is 0 Å². The molecule has 4 nitrogen and oxygen atoms in total. The second kappa shape index (κ2) is 4.70. The van der Waals surface area contributed by atoms with Gasteiger partial charge in [-0.05, 0) is 0 Å². The molecular weight excluding hydrogens is 112 g/mol. The summed E-state index contributed by atoms with van der Waals surface area (Å²) >= 11 is 0. The molecule has 0 aromatic carbocycles. The van der Waals surface area contributed by atoms with Gasteiger partial charge in [0, 0.05) is 14.0 Å². The van der Waals surface area contributed by atoms with Gasteiger partial charge in [-0.15, -0.1) is 0 Å². The van der Waals surface area contributed by atoms with Crippen molar-refractivity contribution in [3.05, 3.63) is 0 Å². The Labute approximate surface area is 47.7 Å². The Morgan fingerprint density at radius 3 is 1.62 bits per heavy atom. The molecule has 0 fully saturated rings. The highest BCUT2D eigenvalue weighted by Gasteiger charge is 2.09. The molecule has 0 amide bonds. The van der Waals surface area contributed by atoms with Crippen molar-refractivity contribution in [2.45, 2.75) is 12.9 Å². The fourth-order valence-corrected chi connectivity index (χ4v) is 0. The molecule has 0 saturated carbocycles. The summed E-state index contributed by atoms with van der Waals surface area (Å²) in [4.78, 5) is 8.00. The topological polar surface area (TPSA) is 66.8 Å². The van der Waals surface area contributed by atoms with Crippen molar-refractivity contribution < 1.29 is 19.7 Å². The first-order chi connectivity index (χ1) is 3.56. The van der Waals surface area contributed by atoms with E-state index in [1.807, 2.05) is 6.79 Å². The maximum absolute atomic E-state index is 8.16. The van der Waals surface area contributed by atoms with E-state index >= 15 is 0 Å². The zero-order valence-corrected chi connectivity index (χ0v) is 4.92. The molecule has 0 rings (SSSR count). The molecule has 0 unspecified atom stereocenters. The van der Waals surface area contributed by atoms with Gasteiger partial charge in [-0.2, -0.15) is 0 Å². The van der Waals surface area contributed by atoms with Crippen LogP contribution in [-0.2, 0) is 9.53 Å². The molecule has 0 aliphatic rings. The summed E-state index contributed by atoms with van der Waals surface area (Å²) in [6.45, 7) is 3.13. The molecular formula is C4H10O4. The van der Waals surface area contributed by atoms with Crippen LogP contribution in [0.15, 0.2) is 0 Å². The third kappa shape index (κ3) is 17.7. The van der Waals surface area contributed by atoms with E-state index in [4.69, 9.17) is 15.0 Å². The lowest BCUT2D eigenvalue weighted by atomic mass is 10.7. The molecule has 0 atom stereocenters. The Bertz CT molecular complexity index is 46.5. The van der Waals surface area contributed by atoms with Crippen LogP contribution in [0.4, 0.5) is 0 Å². The van der Waals surface area contributed by atoms with Gasteiger partial charge in [0.2, 0.25) is 0 Å². The van der Waals surface area contributed by atoms with E-state index in [1.165, 1.54) is 7.11 Å². The summed E-state index contributed by atoms with van der Waals surface area (Å²) in [6, 6.07) is 0. The number of carbonyl (C=O) groups is 1. The van der Waals surface area contributed by atoms with Gasteiger partial charge in [0.1, 0.15) is 6.79 Å². The van der Waals surface area contributed by atoms with Crippen molar-refractivity contribution in [2.24, 2.45) is 0 Å². The minimum atomic E-state index is -1.96. The molecule has 0 heterocycles. The van der Waals surface area contributed by atoms with E-state index in [-0.39, 0.29) is 0 Å². The number of ether oxygens (including phenoxy) is 1. The predicted molar refractivity (Wildman–Crippen MR) is 27.0 cm³/mol. The standard InChI is InChI=1S/C3H8O3.CH2O/c1-3(4,5)6-2;1-2/h4-5H,1-2H3;1H2. The fourth-order valence-electron chi connectivity index (χ4n) is 0. The third-order valence-corrected chi connectivity index (χ3v) is 0.387. The first kappa shape index (κ1) is 10.5. The summed E-state index contributed by atoms with van der Waals surface area (Å²) in [5.74, 6) is -1.96. The molecule has 0 saturated heterocycles. The smallest absolute Gasteiger partial charge is 0.274 e. The van der Waals surface area contributed by atoms with Gasteiger partial charge in [-0.1, -0.05) is 0 Å². The molecule has 8 heavy (non-hydrogen) atoms. The summed E-state index contributed by atoms with van der Waals surface area (Å²) in [5, 5.41) is 16.3. The number of methoxy groups -OCH3 is 1. The average Bonchev–Trinajstić information content (AvgIpc) is 1.71. The van der Waals surface area contributed by atoms with Crippen LogP contribution in [0.1, 0.15) is 6.92 Å². The molecule has 0 aliphatic carbocycles. The van der Waals surface area contributed by atoms with E-state index in [1.54, 1.807) is 0 Å². The van der Waals surface area contributed by atoms with Gasteiger partial charge in [0.05, 0.1) is 0 Å². The van der Waals surface area contributed by atoms with E-state index in [2.05, 4.69) is 4.74 Å². The minimum absolute atomic E-state index is 1.13. The van der Waals surface area contributed by atoms with Crippen molar-refractivity contribution in [1.29, 1.82) is 0 Å². The Morgan fingerprint density at radius 1 is 1.50 bits per heavy atom. The first-order valence-corrected chi connectivity index (χ1v) is 1.85. The maximum Gasteiger partial charge on any atom is 0.274 e. The molecule has 0 aromatic heterocycles. The summed E-state index contributed by atoms with van der Waals surface area (Å²) in [6.07, 6.45) is 0. The van der Waals surface area contributed by atoms with Crippen LogP contribution >= 0.6 is 0 Å². The van der Waals surface area contributed by atoms with Gasteiger partial charge >= 0.3 is 0 Å². The van der Waals surface area contributed by atoms with Crippen LogP contribution in [0.25, 0.3) is 0 Å². The summed E-state index contributed by atoms with van der Waals surface area (Å²) in [5.41, 5.74) is 0. The van der Waals surface area contributed by atoms with Crippen LogP contribution in [0, 0.1) is 0 Å². The minimum Gasteiger partial charge on any atom is -0.344 e. The Hall–Kier alpha value is -0.450. The highest BCUT2D eigenvalue weighted by Crippen LogP contribution is 1.92. The number of carbonyl (C=O) groups excluding carboxylic acids is 1. The molecule has 0 spiro atoms. The SMILES string of the molecule is C=O.COC(C)(O)O. The second-order valence-corrected chi connectivity index (χ2v) is 1.14. The van der Waals surface area contributed by atoms with Gasteiger partial charge in [0.15, 0.2) is 0 Å². The number of rotatable bonds is 1. The van der Waals surface area contributed by atoms with Crippen molar-refractivity contribution >= 4 is 6.79 Å². The Morgan fingerprint density at radius 2 is 1.62 bits per heavy atom. The molecule has 0 radical (unpaired) electrons. The molecule has 50 valence electrons. The molecule has 0 bridgehead atoms. The highest BCUT2D eigenvalue weighted by molar-refractivity contribution is 5.10. The maximum atomic E-state index is 8.16. The average molecular weight is 122 g/mol. The quantitative estimate of drug-likeness (QED) is 0.442. The normalized spacial score (nSPS) is 9.50. The van der Waals surface area contributed by atoms with E-state index < -0.39 is 5.97 Å². The first-order valence-electron chi connectivity index (χ1n) is 1.85. The number of hydrogen-bond donors (Lipinski definition) is 2. The van der Waals surface area contributed by atoms with Crippen LogP contribution in [0.3, 0.4) is 0 Å². The fraction of sp³-hybridized carbons (Fsp3) is 0.750. The van der Waals surface area contributed by atoms with Crippen LogP contribution in [0.5, 0.6) is 0 Å². The third-order valence-electron chi connectivity index (χ3n) is 0.387. The lowest BCUT2D eigenvalue weighted by Gasteiger charge is -2.10. The molecule has 2 N–H and O–H groups in total. The highest BCUT2D eigenvalue weighted by atomic mass is 16.8. The monoisotopic (exact) mass is 122 g/mol. The van der Waals surface area contributed by atoms with Gasteiger partial charge in [0.25, 0.3) is 5.97 Å².